The third kappa shape index (κ3) is 6.46. The van der Waals surface area contributed by atoms with Crippen LogP contribution in [0.5, 0.6) is 0 Å². The van der Waals surface area contributed by atoms with Crippen molar-refractivity contribution in [2.24, 2.45) is 0 Å². The van der Waals surface area contributed by atoms with Gasteiger partial charge in [0, 0.05) is 13.2 Å². The lowest BCUT2D eigenvalue weighted by Gasteiger charge is -2.20. The minimum Gasteiger partial charge on any atom is -0.377 e. The smallest absolute Gasteiger partial charge is 0.0702 e. The van der Waals surface area contributed by atoms with Crippen molar-refractivity contribution in [1.82, 2.24) is 10.2 Å². The number of hydrogen-bond acceptors (Lipinski definition) is 3. The molecule has 1 unspecified atom stereocenters. The lowest BCUT2D eigenvalue weighted by molar-refractivity contribution is 0.0807. The summed E-state index contributed by atoms with van der Waals surface area (Å²) in [6, 6.07) is 0. The number of unbranched alkanes of at least 4 members (excludes halogenated alkanes) is 3. The molecule has 0 amide bonds. The van der Waals surface area contributed by atoms with E-state index in [-0.39, 0.29) is 0 Å². The summed E-state index contributed by atoms with van der Waals surface area (Å²) in [5.74, 6) is 0. The summed E-state index contributed by atoms with van der Waals surface area (Å²) in [5, 5.41) is 3.19. The predicted octanol–water partition coefficient (Wildman–Crippen LogP) is 1.88. The summed E-state index contributed by atoms with van der Waals surface area (Å²) in [5.41, 5.74) is 0. The van der Waals surface area contributed by atoms with Gasteiger partial charge in [-0.25, -0.2) is 0 Å². The zero-order valence-corrected chi connectivity index (χ0v) is 11.0. The summed E-state index contributed by atoms with van der Waals surface area (Å²) < 4.78 is 5.63. The molecule has 1 rings (SSSR count). The van der Waals surface area contributed by atoms with Gasteiger partial charge in [0.05, 0.1) is 6.10 Å². The van der Waals surface area contributed by atoms with Crippen molar-refractivity contribution in [3.8, 4) is 0 Å². The van der Waals surface area contributed by atoms with Gasteiger partial charge in [-0.15, -0.1) is 0 Å². The summed E-state index contributed by atoms with van der Waals surface area (Å²) >= 11 is 0. The van der Waals surface area contributed by atoms with E-state index in [0.29, 0.717) is 6.10 Å². The average molecular weight is 228 g/mol. The standard InChI is InChI=1S/C13H28N2O/c1-14-9-5-3-4-6-10-15(2)12-13-8-7-11-16-13/h13-14H,3-12H2,1-2H3. The fraction of sp³-hybridized carbons (Fsp3) is 1.00. The second kappa shape index (κ2) is 8.97. The molecule has 0 spiro atoms. The number of hydrogen-bond donors (Lipinski definition) is 1. The molecular formula is C13H28N2O. The van der Waals surface area contributed by atoms with Gasteiger partial charge >= 0.3 is 0 Å². The molecule has 0 bridgehead atoms. The van der Waals surface area contributed by atoms with E-state index >= 15 is 0 Å². The molecule has 1 saturated heterocycles. The summed E-state index contributed by atoms with van der Waals surface area (Å²) in [7, 11) is 4.24. The summed E-state index contributed by atoms with van der Waals surface area (Å²) in [6.45, 7) is 4.48. The van der Waals surface area contributed by atoms with E-state index in [1.807, 2.05) is 7.05 Å². The Morgan fingerprint density at radius 2 is 2.06 bits per heavy atom. The summed E-state index contributed by atoms with van der Waals surface area (Å²) in [6.07, 6.45) is 8.37. The highest BCUT2D eigenvalue weighted by Gasteiger charge is 2.16. The lowest BCUT2D eigenvalue weighted by atomic mass is 10.2. The van der Waals surface area contributed by atoms with Crippen LogP contribution in [0, 0.1) is 0 Å². The number of nitrogens with one attached hydrogen (secondary N) is 1. The van der Waals surface area contributed by atoms with Gasteiger partial charge < -0.3 is 15.0 Å². The van der Waals surface area contributed by atoms with Gasteiger partial charge in [-0.05, 0) is 52.9 Å². The molecule has 1 atom stereocenters. The number of ether oxygens (including phenoxy) is 1. The van der Waals surface area contributed by atoms with E-state index in [4.69, 9.17) is 4.74 Å². The molecule has 1 aliphatic rings. The van der Waals surface area contributed by atoms with Gasteiger partial charge in [0.1, 0.15) is 0 Å². The van der Waals surface area contributed by atoms with Crippen LogP contribution in [0.4, 0.5) is 0 Å². The van der Waals surface area contributed by atoms with E-state index in [2.05, 4.69) is 17.3 Å². The first-order valence-corrected chi connectivity index (χ1v) is 6.77. The van der Waals surface area contributed by atoms with Crippen LogP contribution in [0.15, 0.2) is 0 Å². The SMILES string of the molecule is CNCCCCCCN(C)CC1CCCO1. The van der Waals surface area contributed by atoms with E-state index in [1.54, 1.807) is 0 Å². The van der Waals surface area contributed by atoms with Crippen molar-refractivity contribution in [1.29, 1.82) is 0 Å². The fourth-order valence-electron chi connectivity index (χ4n) is 2.26. The molecule has 0 aromatic rings. The maximum absolute atomic E-state index is 5.63. The second-order valence-electron chi connectivity index (χ2n) is 4.92. The third-order valence-corrected chi connectivity index (χ3v) is 3.26. The van der Waals surface area contributed by atoms with Crippen molar-refractivity contribution < 1.29 is 4.74 Å². The van der Waals surface area contributed by atoms with E-state index in [9.17, 15) is 0 Å². The molecule has 0 saturated carbocycles. The Kier molecular flexibility index (Phi) is 7.81. The van der Waals surface area contributed by atoms with Crippen LogP contribution in [0.25, 0.3) is 0 Å². The lowest BCUT2D eigenvalue weighted by Crippen LogP contribution is -2.29. The Labute approximate surface area is 101 Å². The Morgan fingerprint density at radius 1 is 1.25 bits per heavy atom. The zero-order chi connectivity index (χ0) is 11.6. The molecule has 0 aliphatic carbocycles. The summed E-state index contributed by atoms with van der Waals surface area (Å²) in [4.78, 5) is 2.42. The zero-order valence-electron chi connectivity index (χ0n) is 11.0. The monoisotopic (exact) mass is 228 g/mol. The van der Waals surface area contributed by atoms with Crippen LogP contribution in [-0.2, 0) is 4.74 Å². The van der Waals surface area contributed by atoms with Crippen LogP contribution in [0.3, 0.4) is 0 Å². The first-order valence-electron chi connectivity index (χ1n) is 6.77. The maximum atomic E-state index is 5.63. The van der Waals surface area contributed by atoms with Crippen molar-refractivity contribution >= 4 is 0 Å². The Morgan fingerprint density at radius 3 is 2.75 bits per heavy atom. The highest BCUT2D eigenvalue weighted by molar-refractivity contribution is 4.68. The quantitative estimate of drug-likeness (QED) is 0.610. The molecule has 1 heterocycles. The minimum absolute atomic E-state index is 0.509. The topological polar surface area (TPSA) is 24.5 Å². The number of rotatable bonds is 9. The van der Waals surface area contributed by atoms with Crippen molar-refractivity contribution in [3.63, 3.8) is 0 Å². The molecular weight excluding hydrogens is 200 g/mol. The number of nitrogens with zero attached hydrogens (tertiary/aromatic N) is 1. The van der Waals surface area contributed by atoms with Crippen LogP contribution in [0.1, 0.15) is 38.5 Å². The first kappa shape index (κ1) is 13.9. The van der Waals surface area contributed by atoms with E-state index in [0.717, 1.165) is 19.7 Å². The van der Waals surface area contributed by atoms with Crippen molar-refractivity contribution in [2.45, 2.75) is 44.6 Å². The van der Waals surface area contributed by atoms with Crippen LogP contribution in [-0.4, -0.2) is 51.3 Å². The molecule has 96 valence electrons. The van der Waals surface area contributed by atoms with Crippen LogP contribution >= 0.6 is 0 Å². The van der Waals surface area contributed by atoms with E-state index in [1.165, 1.54) is 45.1 Å². The predicted molar refractivity (Wildman–Crippen MR) is 68.9 cm³/mol. The molecule has 0 aromatic carbocycles. The molecule has 0 radical (unpaired) electrons. The maximum Gasteiger partial charge on any atom is 0.0702 e. The van der Waals surface area contributed by atoms with Crippen LogP contribution < -0.4 is 5.32 Å². The highest BCUT2D eigenvalue weighted by Crippen LogP contribution is 2.13. The molecule has 0 aromatic heterocycles. The molecule has 1 aliphatic heterocycles. The van der Waals surface area contributed by atoms with Crippen LogP contribution in [0.2, 0.25) is 0 Å². The average Bonchev–Trinajstić information content (AvgIpc) is 2.76. The molecule has 16 heavy (non-hydrogen) atoms. The highest BCUT2D eigenvalue weighted by atomic mass is 16.5. The van der Waals surface area contributed by atoms with Crippen molar-refractivity contribution in [2.75, 3.05) is 40.3 Å². The Hall–Kier alpha value is -0.120. The number of likely N-dealkylation sites (N-methyl/N-ethyl adjacent to an activating group) is 1. The largest absolute Gasteiger partial charge is 0.377 e. The first-order chi connectivity index (χ1) is 7.83. The van der Waals surface area contributed by atoms with Gasteiger partial charge in [0.2, 0.25) is 0 Å². The van der Waals surface area contributed by atoms with Gasteiger partial charge in [0.15, 0.2) is 0 Å². The molecule has 3 nitrogen and oxygen atoms in total. The molecule has 1 fully saturated rings. The molecule has 3 heteroatoms. The van der Waals surface area contributed by atoms with Gasteiger partial charge in [-0.2, -0.15) is 0 Å². The third-order valence-electron chi connectivity index (χ3n) is 3.26. The van der Waals surface area contributed by atoms with E-state index < -0.39 is 0 Å². The second-order valence-corrected chi connectivity index (χ2v) is 4.92. The van der Waals surface area contributed by atoms with Gasteiger partial charge in [-0.1, -0.05) is 12.8 Å². The Bertz CT molecular complexity index is 158. The van der Waals surface area contributed by atoms with Gasteiger partial charge in [-0.3, -0.25) is 0 Å². The van der Waals surface area contributed by atoms with Gasteiger partial charge in [0.25, 0.3) is 0 Å². The Balaban J connectivity index is 1.87. The van der Waals surface area contributed by atoms with Crippen molar-refractivity contribution in [3.05, 3.63) is 0 Å². The normalized spacial score (nSPS) is 20.8. The minimum atomic E-state index is 0.509. The molecule has 1 N–H and O–H groups in total. The fourth-order valence-corrected chi connectivity index (χ4v) is 2.26.